The van der Waals surface area contributed by atoms with Gasteiger partial charge in [-0.3, -0.25) is 9.59 Å². The van der Waals surface area contributed by atoms with Crippen LogP contribution in [-0.4, -0.2) is 56.2 Å². The molecule has 1 amide bonds. The van der Waals surface area contributed by atoms with Gasteiger partial charge < -0.3 is 24.2 Å². The van der Waals surface area contributed by atoms with Crippen molar-refractivity contribution in [2.75, 3.05) is 34.5 Å². The topological polar surface area (TPSA) is 85.3 Å². The summed E-state index contributed by atoms with van der Waals surface area (Å²) < 4.78 is 15.7. The number of nitrogens with zero attached hydrogens (tertiary/aromatic N) is 1. The van der Waals surface area contributed by atoms with Crippen molar-refractivity contribution in [1.29, 1.82) is 0 Å². The first-order valence-corrected chi connectivity index (χ1v) is 9.97. The fraction of sp³-hybridized carbons (Fsp3) is 0.304. The van der Waals surface area contributed by atoms with E-state index in [1.54, 1.807) is 0 Å². The molecule has 1 saturated heterocycles. The number of likely N-dealkylation sites (tertiary alicyclic amines) is 1. The summed E-state index contributed by atoms with van der Waals surface area (Å²) in [5.74, 6) is -1.25. The molecule has 0 bridgehead atoms. The first-order chi connectivity index (χ1) is 14.8. The van der Waals surface area contributed by atoms with Crippen LogP contribution < -0.4 is 9.47 Å². The lowest BCUT2D eigenvalue weighted by Crippen LogP contribution is -2.32. The van der Waals surface area contributed by atoms with Crippen molar-refractivity contribution in [1.82, 2.24) is 4.90 Å². The van der Waals surface area contributed by atoms with Gasteiger partial charge in [0.15, 0.2) is 0 Å². The first-order valence-electron chi connectivity index (χ1n) is 9.59. The fourth-order valence-corrected chi connectivity index (χ4v) is 3.92. The Morgan fingerprint density at radius 1 is 1.10 bits per heavy atom. The van der Waals surface area contributed by atoms with Gasteiger partial charge in [-0.15, -0.1) is 0 Å². The first kappa shape index (κ1) is 22.7. The Labute approximate surface area is 185 Å². The number of carbonyl (C=O) groups is 2. The maximum absolute atomic E-state index is 13.0. The number of ether oxygens (including phenoxy) is 3. The average Bonchev–Trinajstić information content (AvgIpc) is 3.01. The van der Waals surface area contributed by atoms with Crippen LogP contribution in [0.15, 0.2) is 42.0 Å². The van der Waals surface area contributed by atoms with Gasteiger partial charge in [-0.1, -0.05) is 41.4 Å². The third-order valence-electron chi connectivity index (χ3n) is 5.16. The van der Waals surface area contributed by atoms with Crippen molar-refractivity contribution in [3.05, 3.63) is 63.7 Å². The molecule has 1 unspecified atom stereocenters. The lowest BCUT2D eigenvalue weighted by Gasteiger charge is -2.25. The molecule has 0 aromatic heterocycles. The Morgan fingerprint density at radius 2 is 1.81 bits per heavy atom. The van der Waals surface area contributed by atoms with Gasteiger partial charge in [0.05, 0.1) is 43.0 Å². The highest BCUT2D eigenvalue weighted by Gasteiger charge is 2.46. The van der Waals surface area contributed by atoms with Gasteiger partial charge in [0.1, 0.15) is 17.3 Å². The molecule has 1 heterocycles. The van der Waals surface area contributed by atoms with E-state index in [9.17, 15) is 14.7 Å². The van der Waals surface area contributed by atoms with E-state index in [1.165, 1.54) is 38.4 Å². The molecule has 3 rings (SSSR count). The lowest BCUT2D eigenvalue weighted by molar-refractivity contribution is -0.140. The predicted molar refractivity (Wildman–Crippen MR) is 117 cm³/mol. The molecule has 0 spiro atoms. The summed E-state index contributed by atoms with van der Waals surface area (Å²) in [5, 5.41) is 11.4. The van der Waals surface area contributed by atoms with Crippen molar-refractivity contribution in [3.8, 4) is 11.5 Å². The van der Waals surface area contributed by atoms with Crippen LogP contribution in [0.5, 0.6) is 11.5 Å². The monoisotopic (exact) mass is 445 g/mol. The summed E-state index contributed by atoms with van der Waals surface area (Å²) in [6.07, 6.45) is 0. The number of hydrogen-bond donors (Lipinski definition) is 1. The molecule has 1 atom stereocenters. The Bertz CT molecular complexity index is 1050. The van der Waals surface area contributed by atoms with Crippen molar-refractivity contribution >= 4 is 29.1 Å². The van der Waals surface area contributed by atoms with Gasteiger partial charge in [-0.2, -0.15) is 0 Å². The van der Waals surface area contributed by atoms with Crippen LogP contribution >= 0.6 is 11.6 Å². The number of benzene rings is 2. The Hall–Kier alpha value is -3.03. The number of carbonyl (C=O) groups excluding carboxylic acids is 2. The highest BCUT2D eigenvalue weighted by atomic mass is 35.5. The van der Waals surface area contributed by atoms with Crippen LogP contribution in [0.4, 0.5) is 0 Å². The van der Waals surface area contributed by atoms with E-state index in [0.717, 1.165) is 5.56 Å². The number of aryl methyl sites for hydroxylation is 1. The molecule has 31 heavy (non-hydrogen) atoms. The number of hydrogen-bond acceptors (Lipinski definition) is 6. The van der Waals surface area contributed by atoms with E-state index < -0.39 is 17.7 Å². The van der Waals surface area contributed by atoms with Crippen molar-refractivity contribution in [2.24, 2.45) is 0 Å². The number of ketones is 1. The van der Waals surface area contributed by atoms with E-state index >= 15 is 0 Å². The molecule has 1 aliphatic rings. The molecule has 0 saturated carbocycles. The number of rotatable bonds is 7. The number of aliphatic hydroxyl groups excluding tert-OH is 1. The van der Waals surface area contributed by atoms with Crippen LogP contribution in [0, 0.1) is 6.92 Å². The summed E-state index contributed by atoms with van der Waals surface area (Å²) >= 11 is 6.25. The summed E-state index contributed by atoms with van der Waals surface area (Å²) in [6.45, 7) is 2.35. The molecular weight excluding hydrogens is 422 g/mol. The summed E-state index contributed by atoms with van der Waals surface area (Å²) in [4.78, 5) is 27.3. The minimum atomic E-state index is -0.783. The highest BCUT2D eigenvalue weighted by molar-refractivity contribution is 6.46. The van der Waals surface area contributed by atoms with E-state index in [-0.39, 0.29) is 40.8 Å². The number of amides is 1. The van der Waals surface area contributed by atoms with E-state index in [0.29, 0.717) is 11.3 Å². The normalized spacial score (nSPS) is 17.8. The van der Waals surface area contributed by atoms with Crippen LogP contribution in [0.2, 0.25) is 5.02 Å². The Balaban J connectivity index is 2.25. The molecule has 1 aliphatic heterocycles. The average molecular weight is 446 g/mol. The lowest BCUT2D eigenvalue weighted by atomic mass is 9.94. The van der Waals surface area contributed by atoms with Crippen LogP contribution in [0.25, 0.3) is 5.76 Å². The SMILES string of the molecule is COCCN1C(=O)C(=O)/C(=C(/O)c2cc(Cl)c(OC)cc2OC)C1c1cccc(C)c1. The standard InChI is InChI=1S/C23H24ClNO6/c1-13-6-5-7-14(10-13)20-19(22(27)23(28)25(20)8-9-29-2)21(26)15-11-16(24)18(31-4)12-17(15)30-3/h5-7,10-12,20,26H,8-9H2,1-4H3/b21-19+. The number of Topliss-reactive ketones (excluding diaryl/α,β-unsaturated/α-hetero) is 1. The second-order valence-electron chi connectivity index (χ2n) is 7.09. The van der Waals surface area contributed by atoms with Crippen molar-refractivity contribution in [2.45, 2.75) is 13.0 Å². The zero-order chi connectivity index (χ0) is 22.7. The van der Waals surface area contributed by atoms with Gasteiger partial charge >= 0.3 is 0 Å². The van der Waals surface area contributed by atoms with Gasteiger partial charge in [0.2, 0.25) is 0 Å². The smallest absolute Gasteiger partial charge is 0.295 e. The summed E-state index contributed by atoms with van der Waals surface area (Å²) in [5.41, 5.74) is 1.82. The van der Waals surface area contributed by atoms with E-state index in [2.05, 4.69) is 0 Å². The maximum atomic E-state index is 13.0. The van der Waals surface area contributed by atoms with Crippen LogP contribution in [-0.2, 0) is 14.3 Å². The largest absolute Gasteiger partial charge is 0.507 e. The molecule has 0 aliphatic carbocycles. The predicted octanol–water partition coefficient (Wildman–Crippen LogP) is 3.73. The van der Waals surface area contributed by atoms with Gasteiger partial charge in [0.25, 0.3) is 11.7 Å². The van der Waals surface area contributed by atoms with Gasteiger partial charge in [-0.05, 0) is 18.6 Å². The van der Waals surface area contributed by atoms with Gasteiger partial charge in [-0.25, -0.2) is 0 Å². The Morgan fingerprint density at radius 3 is 2.42 bits per heavy atom. The van der Waals surface area contributed by atoms with E-state index in [1.807, 2.05) is 31.2 Å². The third kappa shape index (κ3) is 4.24. The zero-order valence-corrected chi connectivity index (χ0v) is 18.5. The number of methoxy groups -OCH3 is 3. The fourth-order valence-electron chi connectivity index (χ4n) is 3.68. The summed E-state index contributed by atoms with van der Waals surface area (Å²) in [6, 6.07) is 9.63. The van der Waals surface area contributed by atoms with Crippen molar-refractivity contribution < 1.29 is 28.9 Å². The van der Waals surface area contributed by atoms with Crippen LogP contribution in [0.3, 0.4) is 0 Å². The quantitative estimate of drug-likeness (QED) is 0.397. The van der Waals surface area contributed by atoms with Crippen molar-refractivity contribution in [3.63, 3.8) is 0 Å². The molecule has 1 N–H and O–H groups in total. The third-order valence-corrected chi connectivity index (χ3v) is 5.46. The number of aliphatic hydroxyl groups is 1. The molecule has 7 nitrogen and oxygen atoms in total. The summed E-state index contributed by atoms with van der Waals surface area (Å²) in [7, 11) is 4.40. The number of halogens is 1. The minimum absolute atomic E-state index is 0.0359. The molecule has 164 valence electrons. The minimum Gasteiger partial charge on any atom is -0.507 e. The Kier molecular flexibility index (Phi) is 6.87. The van der Waals surface area contributed by atoms with Crippen LogP contribution in [0.1, 0.15) is 22.7 Å². The van der Waals surface area contributed by atoms with Gasteiger partial charge in [0, 0.05) is 19.7 Å². The molecular formula is C23H24ClNO6. The molecule has 8 heteroatoms. The molecule has 1 fully saturated rings. The van der Waals surface area contributed by atoms with E-state index in [4.69, 9.17) is 25.8 Å². The molecule has 2 aromatic carbocycles. The second kappa shape index (κ2) is 9.41. The zero-order valence-electron chi connectivity index (χ0n) is 17.8. The molecule has 2 aromatic rings. The maximum Gasteiger partial charge on any atom is 0.295 e. The highest BCUT2D eigenvalue weighted by Crippen LogP contribution is 2.43. The molecule has 0 radical (unpaired) electrons. The second-order valence-corrected chi connectivity index (χ2v) is 7.49.